The molecule has 1 aliphatic heterocycles. The van der Waals surface area contributed by atoms with Gasteiger partial charge in [-0.2, -0.15) is 0 Å². The summed E-state index contributed by atoms with van der Waals surface area (Å²) in [5.74, 6) is 0.346. The van der Waals surface area contributed by atoms with Crippen LogP contribution in [-0.4, -0.2) is 49.2 Å². The van der Waals surface area contributed by atoms with Crippen LogP contribution in [0.5, 0.6) is 0 Å². The molecule has 1 saturated heterocycles. The Kier molecular flexibility index (Phi) is 7.37. The minimum atomic E-state index is -2.46. The van der Waals surface area contributed by atoms with Crippen molar-refractivity contribution in [2.75, 3.05) is 19.8 Å². The van der Waals surface area contributed by atoms with Crippen LogP contribution in [0.2, 0.25) is 0 Å². The van der Waals surface area contributed by atoms with Crippen LogP contribution in [0.3, 0.4) is 0 Å². The van der Waals surface area contributed by atoms with Crippen molar-refractivity contribution < 1.29 is 18.3 Å². The van der Waals surface area contributed by atoms with Crippen molar-refractivity contribution in [1.82, 2.24) is 10.2 Å². The van der Waals surface area contributed by atoms with Gasteiger partial charge in [0.25, 0.3) is 6.43 Å². The fourth-order valence-corrected chi connectivity index (χ4v) is 2.46. The number of amides is 1. The molecule has 0 aromatic heterocycles. The van der Waals surface area contributed by atoms with Crippen LogP contribution in [0.1, 0.15) is 40.0 Å². The zero-order valence-electron chi connectivity index (χ0n) is 12.6. The molecule has 1 fully saturated rings. The SMILES string of the molecule is CCCCC1NC(C(C)C)N(CCOCC(F)F)C1=O. The largest absolute Gasteiger partial charge is 0.374 e. The molecule has 118 valence electrons. The second kappa shape index (κ2) is 8.52. The van der Waals surface area contributed by atoms with Gasteiger partial charge in [-0.05, 0) is 12.3 Å². The third-order valence-electron chi connectivity index (χ3n) is 3.49. The summed E-state index contributed by atoms with van der Waals surface area (Å²) in [7, 11) is 0. The molecule has 0 aromatic carbocycles. The molecule has 1 rings (SSSR count). The zero-order chi connectivity index (χ0) is 15.1. The van der Waals surface area contributed by atoms with E-state index in [9.17, 15) is 13.6 Å². The maximum absolute atomic E-state index is 12.3. The lowest BCUT2D eigenvalue weighted by molar-refractivity contribution is -0.131. The van der Waals surface area contributed by atoms with Crippen LogP contribution in [0, 0.1) is 5.92 Å². The number of hydrogen-bond donors (Lipinski definition) is 1. The smallest absolute Gasteiger partial charge is 0.261 e. The quantitative estimate of drug-likeness (QED) is 0.663. The number of nitrogens with one attached hydrogen (secondary N) is 1. The van der Waals surface area contributed by atoms with Gasteiger partial charge in [-0.1, -0.05) is 33.6 Å². The average Bonchev–Trinajstić information content (AvgIpc) is 2.69. The summed E-state index contributed by atoms with van der Waals surface area (Å²) in [4.78, 5) is 14.0. The van der Waals surface area contributed by atoms with Crippen LogP contribution >= 0.6 is 0 Å². The summed E-state index contributed by atoms with van der Waals surface area (Å²) in [6.45, 7) is 6.13. The number of alkyl halides is 2. The molecule has 0 bridgehead atoms. The molecule has 2 unspecified atom stereocenters. The first-order chi connectivity index (χ1) is 9.47. The van der Waals surface area contributed by atoms with Crippen LogP contribution in [-0.2, 0) is 9.53 Å². The number of unbranched alkanes of at least 4 members (excludes halogenated alkanes) is 1. The van der Waals surface area contributed by atoms with Crippen molar-refractivity contribution in [1.29, 1.82) is 0 Å². The van der Waals surface area contributed by atoms with Gasteiger partial charge in [0, 0.05) is 6.54 Å². The minimum Gasteiger partial charge on any atom is -0.374 e. The molecule has 0 radical (unpaired) electrons. The number of carbonyl (C=O) groups excluding carboxylic acids is 1. The van der Waals surface area contributed by atoms with Crippen molar-refractivity contribution in [3.63, 3.8) is 0 Å². The van der Waals surface area contributed by atoms with Gasteiger partial charge >= 0.3 is 0 Å². The Bertz CT molecular complexity index is 301. The maximum atomic E-state index is 12.3. The van der Waals surface area contributed by atoms with Gasteiger partial charge in [-0.3, -0.25) is 10.1 Å². The Morgan fingerprint density at radius 1 is 1.40 bits per heavy atom. The Balaban J connectivity index is 2.49. The monoisotopic (exact) mass is 292 g/mol. The first kappa shape index (κ1) is 17.3. The van der Waals surface area contributed by atoms with E-state index >= 15 is 0 Å². The van der Waals surface area contributed by atoms with E-state index in [0.29, 0.717) is 6.54 Å². The predicted molar refractivity (Wildman–Crippen MR) is 73.6 cm³/mol. The van der Waals surface area contributed by atoms with E-state index in [0.717, 1.165) is 19.3 Å². The molecule has 1 amide bonds. The van der Waals surface area contributed by atoms with Crippen LogP contribution in [0.4, 0.5) is 8.78 Å². The van der Waals surface area contributed by atoms with Crippen molar-refractivity contribution in [3.05, 3.63) is 0 Å². The lowest BCUT2D eigenvalue weighted by Gasteiger charge is -2.27. The second-order valence-corrected chi connectivity index (χ2v) is 5.55. The van der Waals surface area contributed by atoms with Crippen LogP contribution < -0.4 is 5.32 Å². The highest BCUT2D eigenvalue weighted by molar-refractivity contribution is 5.84. The summed E-state index contributed by atoms with van der Waals surface area (Å²) in [6.07, 6.45) is 0.395. The first-order valence-corrected chi connectivity index (χ1v) is 7.39. The molecule has 1 aliphatic rings. The van der Waals surface area contributed by atoms with E-state index in [1.807, 2.05) is 13.8 Å². The van der Waals surface area contributed by atoms with E-state index in [-0.39, 0.29) is 30.6 Å². The molecule has 0 aliphatic carbocycles. The highest BCUT2D eigenvalue weighted by atomic mass is 19.3. The molecule has 2 atom stereocenters. The molecular formula is C14H26F2N2O2. The molecule has 1 N–H and O–H groups in total. The average molecular weight is 292 g/mol. The first-order valence-electron chi connectivity index (χ1n) is 7.39. The lowest BCUT2D eigenvalue weighted by atomic mass is 10.1. The topological polar surface area (TPSA) is 41.6 Å². The van der Waals surface area contributed by atoms with Crippen molar-refractivity contribution in [2.45, 2.75) is 58.7 Å². The van der Waals surface area contributed by atoms with Crippen molar-refractivity contribution in [2.24, 2.45) is 5.92 Å². The fourth-order valence-electron chi connectivity index (χ4n) is 2.46. The lowest BCUT2D eigenvalue weighted by Crippen LogP contribution is -2.43. The van der Waals surface area contributed by atoms with E-state index in [4.69, 9.17) is 4.74 Å². The van der Waals surface area contributed by atoms with Crippen molar-refractivity contribution in [3.8, 4) is 0 Å². The minimum absolute atomic E-state index is 0.0282. The number of ether oxygens (including phenoxy) is 1. The van der Waals surface area contributed by atoms with Crippen molar-refractivity contribution >= 4 is 5.91 Å². The standard InChI is InChI=1S/C14H26F2N2O2/c1-4-5-6-11-14(19)18(13(17-11)10(2)3)7-8-20-9-12(15)16/h10-13,17H,4-9H2,1-3H3. The number of hydrogen-bond acceptors (Lipinski definition) is 3. The summed E-state index contributed by atoms with van der Waals surface area (Å²) in [5, 5.41) is 3.35. The zero-order valence-corrected chi connectivity index (χ0v) is 12.6. The van der Waals surface area contributed by atoms with E-state index in [1.165, 1.54) is 0 Å². The van der Waals surface area contributed by atoms with E-state index in [1.54, 1.807) is 4.90 Å². The van der Waals surface area contributed by atoms with E-state index < -0.39 is 13.0 Å². The van der Waals surface area contributed by atoms with Crippen LogP contribution in [0.25, 0.3) is 0 Å². The number of carbonyl (C=O) groups is 1. The Hall–Kier alpha value is -0.750. The molecule has 0 aromatic rings. The normalized spacial score (nSPS) is 23.4. The fraction of sp³-hybridized carbons (Fsp3) is 0.929. The molecule has 0 spiro atoms. The number of halogens is 2. The molecule has 0 saturated carbocycles. The van der Waals surface area contributed by atoms with E-state index in [2.05, 4.69) is 12.2 Å². The molecule has 6 heteroatoms. The van der Waals surface area contributed by atoms with Gasteiger partial charge in [-0.25, -0.2) is 8.78 Å². The highest BCUT2D eigenvalue weighted by Crippen LogP contribution is 2.20. The third kappa shape index (κ3) is 4.98. The Labute approximate surface area is 119 Å². The summed E-state index contributed by atoms with van der Waals surface area (Å²) in [5.41, 5.74) is 0. The molecular weight excluding hydrogens is 266 g/mol. The van der Waals surface area contributed by atoms with Gasteiger partial charge in [0.1, 0.15) is 6.61 Å². The van der Waals surface area contributed by atoms with Gasteiger partial charge < -0.3 is 9.64 Å². The highest BCUT2D eigenvalue weighted by Gasteiger charge is 2.39. The Morgan fingerprint density at radius 3 is 2.65 bits per heavy atom. The summed E-state index contributed by atoms with van der Waals surface area (Å²) in [6, 6.07) is -0.141. The van der Waals surface area contributed by atoms with Crippen LogP contribution in [0.15, 0.2) is 0 Å². The molecule has 20 heavy (non-hydrogen) atoms. The molecule has 4 nitrogen and oxygen atoms in total. The number of nitrogens with zero attached hydrogens (tertiary/aromatic N) is 1. The third-order valence-corrected chi connectivity index (χ3v) is 3.49. The summed E-state index contributed by atoms with van der Waals surface area (Å²) < 4.78 is 28.9. The van der Waals surface area contributed by atoms with Gasteiger partial charge in [0.2, 0.25) is 5.91 Å². The predicted octanol–water partition coefficient (Wildman–Crippen LogP) is 2.24. The molecule has 1 heterocycles. The van der Waals surface area contributed by atoms with Gasteiger partial charge in [0.05, 0.1) is 18.8 Å². The van der Waals surface area contributed by atoms with Gasteiger partial charge in [0.15, 0.2) is 0 Å². The second-order valence-electron chi connectivity index (χ2n) is 5.55. The number of rotatable bonds is 9. The maximum Gasteiger partial charge on any atom is 0.261 e. The Morgan fingerprint density at radius 2 is 2.10 bits per heavy atom. The summed E-state index contributed by atoms with van der Waals surface area (Å²) >= 11 is 0. The van der Waals surface area contributed by atoms with Gasteiger partial charge in [-0.15, -0.1) is 0 Å².